The number of nitrogens with zero attached hydrogens (tertiary/aromatic N) is 4. The van der Waals surface area contributed by atoms with Crippen molar-refractivity contribution in [3.63, 3.8) is 0 Å². The summed E-state index contributed by atoms with van der Waals surface area (Å²) in [6, 6.07) is 10.6. The Morgan fingerprint density at radius 1 is 1.37 bits per heavy atom. The zero-order valence-corrected chi connectivity index (χ0v) is 10.5. The maximum atomic E-state index is 8.69. The van der Waals surface area contributed by atoms with Crippen molar-refractivity contribution in [2.75, 3.05) is 5.32 Å². The van der Waals surface area contributed by atoms with Gasteiger partial charge >= 0.3 is 0 Å². The number of aromatic nitrogens is 2. The first-order valence-electron chi connectivity index (χ1n) is 5.31. The zero-order valence-electron chi connectivity index (χ0n) is 9.71. The van der Waals surface area contributed by atoms with Crippen molar-refractivity contribution in [3.05, 3.63) is 53.5 Å². The third kappa shape index (κ3) is 2.92. The lowest BCUT2D eigenvalue weighted by Gasteiger charge is -2.09. The number of rotatable bonds is 3. The van der Waals surface area contributed by atoms with Crippen LogP contribution in [0.5, 0.6) is 0 Å². The molecule has 19 heavy (non-hydrogen) atoms. The van der Waals surface area contributed by atoms with Crippen molar-refractivity contribution in [2.45, 2.75) is 0 Å². The maximum Gasteiger partial charge on any atom is 0.145 e. The summed E-state index contributed by atoms with van der Waals surface area (Å²) < 4.78 is 1.66. The predicted octanol–water partition coefficient (Wildman–Crippen LogP) is 2.87. The van der Waals surface area contributed by atoms with Gasteiger partial charge in [-0.25, -0.2) is 4.68 Å². The first-order chi connectivity index (χ1) is 9.24. The van der Waals surface area contributed by atoms with Crippen molar-refractivity contribution in [1.82, 2.24) is 9.78 Å². The van der Waals surface area contributed by atoms with E-state index in [0.29, 0.717) is 10.7 Å². The van der Waals surface area contributed by atoms with Crippen LogP contribution in [-0.2, 0) is 0 Å². The summed E-state index contributed by atoms with van der Waals surface area (Å²) in [5, 5.41) is 24.9. The Bertz CT molecular complexity index is 673. The minimum Gasteiger partial charge on any atom is -0.358 e. The minimum absolute atomic E-state index is 0.0219. The fraction of sp³-hybridized carbons (Fsp3) is 0. The zero-order chi connectivity index (χ0) is 13.7. The standard InChI is InChI=1S/C13H8ClN5/c14-11-2-3-13(19-5-1-4-18-19)12(6-11)17-9-10(7-15)8-16/h1-6,9,17H. The lowest BCUT2D eigenvalue weighted by atomic mass is 10.2. The van der Waals surface area contributed by atoms with Gasteiger partial charge in [0.25, 0.3) is 0 Å². The number of benzene rings is 1. The quantitative estimate of drug-likeness (QED) is 0.869. The molecule has 1 aromatic carbocycles. The smallest absolute Gasteiger partial charge is 0.145 e. The predicted molar refractivity (Wildman–Crippen MR) is 71.5 cm³/mol. The molecule has 0 spiro atoms. The molecule has 0 fully saturated rings. The summed E-state index contributed by atoms with van der Waals surface area (Å²) in [5.74, 6) is 0. The van der Waals surface area contributed by atoms with Gasteiger partial charge in [-0.1, -0.05) is 11.6 Å². The maximum absolute atomic E-state index is 8.69. The van der Waals surface area contributed by atoms with Gasteiger partial charge in [0.2, 0.25) is 0 Å². The van der Waals surface area contributed by atoms with E-state index in [1.807, 2.05) is 0 Å². The molecule has 2 aromatic rings. The Morgan fingerprint density at radius 2 is 2.16 bits per heavy atom. The van der Waals surface area contributed by atoms with E-state index < -0.39 is 0 Å². The van der Waals surface area contributed by atoms with E-state index in [9.17, 15) is 0 Å². The van der Waals surface area contributed by atoms with Gasteiger partial charge in [0.15, 0.2) is 0 Å². The van der Waals surface area contributed by atoms with Crippen molar-refractivity contribution in [2.24, 2.45) is 0 Å². The molecule has 0 unspecified atom stereocenters. The van der Waals surface area contributed by atoms with Gasteiger partial charge in [-0.2, -0.15) is 15.6 Å². The van der Waals surface area contributed by atoms with Gasteiger partial charge < -0.3 is 5.32 Å². The molecule has 0 saturated heterocycles. The number of hydrogen-bond acceptors (Lipinski definition) is 4. The number of hydrogen-bond donors (Lipinski definition) is 1. The molecular formula is C13H8ClN5. The Hall–Kier alpha value is -2.76. The monoisotopic (exact) mass is 269 g/mol. The molecule has 0 aliphatic rings. The molecule has 1 heterocycles. The lowest BCUT2D eigenvalue weighted by molar-refractivity contribution is 0.882. The Labute approximate surface area is 115 Å². The summed E-state index contributed by atoms with van der Waals surface area (Å²) in [5.41, 5.74) is 1.39. The largest absolute Gasteiger partial charge is 0.358 e. The third-order valence-corrected chi connectivity index (χ3v) is 2.56. The first kappa shape index (κ1) is 12.7. The number of nitrogens with one attached hydrogen (secondary N) is 1. The topological polar surface area (TPSA) is 77.4 Å². The van der Waals surface area contributed by atoms with E-state index in [1.54, 1.807) is 53.5 Å². The highest BCUT2D eigenvalue weighted by Gasteiger charge is 2.05. The Morgan fingerprint density at radius 3 is 2.79 bits per heavy atom. The SMILES string of the molecule is N#CC(C#N)=CNc1cc(Cl)ccc1-n1cccn1. The number of allylic oxidation sites excluding steroid dienone is 1. The third-order valence-electron chi connectivity index (χ3n) is 2.32. The molecule has 0 atom stereocenters. The molecule has 0 aliphatic heterocycles. The molecular weight excluding hydrogens is 262 g/mol. The van der Waals surface area contributed by atoms with E-state index in [4.69, 9.17) is 22.1 Å². The second-order valence-electron chi connectivity index (χ2n) is 3.54. The van der Waals surface area contributed by atoms with Crippen LogP contribution in [0.15, 0.2) is 48.4 Å². The second kappa shape index (κ2) is 5.72. The van der Waals surface area contributed by atoms with Crippen molar-refractivity contribution in [1.29, 1.82) is 10.5 Å². The summed E-state index contributed by atoms with van der Waals surface area (Å²) in [6.07, 6.45) is 4.77. The van der Waals surface area contributed by atoms with E-state index >= 15 is 0 Å². The molecule has 6 heteroatoms. The number of halogens is 1. The van der Waals surface area contributed by atoms with E-state index in [1.165, 1.54) is 6.20 Å². The first-order valence-corrected chi connectivity index (χ1v) is 5.69. The minimum atomic E-state index is -0.0219. The number of anilines is 1. The van der Waals surface area contributed by atoms with Gasteiger partial charge in [-0.05, 0) is 24.3 Å². The molecule has 92 valence electrons. The average molecular weight is 270 g/mol. The van der Waals surface area contributed by atoms with Crippen LogP contribution in [0.25, 0.3) is 5.69 Å². The summed E-state index contributed by atoms with van der Waals surface area (Å²) in [4.78, 5) is 0. The van der Waals surface area contributed by atoms with Crippen molar-refractivity contribution >= 4 is 17.3 Å². The molecule has 0 saturated carbocycles. The molecule has 0 amide bonds. The molecule has 5 nitrogen and oxygen atoms in total. The summed E-state index contributed by atoms with van der Waals surface area (Å²) in [6.45, 7) is 0. The highest BCUT2D eigenvalue weighted by atomic mass is 35.5. The van der Waals surface area contributed by atoms with Gasteiger partial charge in [-0.3, -0.25) is 0 Å². The van der Waals surface area contributed by atoms with Crippen molar-refractivity contribution < 1.29 is 0 Å². The van der Waals surface area contributed by atoms with Crippen molar-refractivity contribution in [3.8, 4) is 17.8 Å². The molecule has 2 rings (SSSR count). The van der Waals surface area contributed by atoms with E-state index in [0.717, 1.165) is 5.69 Å². The fourth-order valence-electron chi connectivity index (χ4n) is 1.47. The van der Waals surface area contributed by atoms with Gasteiger partial charge in [-0.15, -0.1) is 0 Å². The molecule has 1 N–H and O–H groups in total. The van der Waals surface area contributed by atoms with Gasteiger partial charge in [0.05, 0.1) is 11.4 Å². The number of nitriles is 2. The van der Waals surface area contributed by atoms with E-state index in [2.05, 4.69) is 10.4 Å². The Balaban J connectivity index is 2.40. The van der Waals surface area contributed by atoms with Crippen LogP contribution in [0.1, 0.15) is 0 Å². The molecule has 0 bridgehead atoms. The van der Waals surface area contributed by atoms with Crippen LogP contribution in [-0.4, -0.2) is 9.78 Å². The van der Waals surface area contributed by atoms with Crippen LogP contribution in [0, 0.1) is 22.7 Å². The summed E-state index contributed by atoms with van der Waals surface area (Å²) >= 11 is 5.94. The molecule has 1 aromatic heterocycles. The average Bonchev–Trinajstić information content (AvgIpc) is 2.94. The van der Waals surface area contributed by atoms with Gasteiger partial charge in [0, 0.05) is 23.6 Å². The molecule has 0 radical (unpaired) electrons. The highest BCUT2D eigenvalue weighted by Crippen LogP contribution is 2.24. The Kier molecular flexibility index (Phi) is 3.82. The summed E-state index contributed by atoms with van der Waals surface area (Å²) in [7, 11) is 0. The normalized spacial score (nSPS) is 9.21. The van der Waals surface area contributed by atoms with Crippen LogP contribution >= 0.6 is 11.6 Å². The van der Waals surface area contributed by atoms with Crippen LogP contribution in [0.2, 0.25) is 5.02 Å². The van der Waals surface area contributed by atoms with Crippen LogP contribution in [0.3, 0.4) is 0 Å². The van der Waals surface area contributed by atoms with E-state index in [-0.39, 0.29) is 5.57 Å². The second-order valence-corrected chi connectivity index (χ2v) is 3.97. The highest BCUT2D eigenvalue weighted by molar-refractivity contribution is 6.31. The molecule has 0 aliphatic carbocycles. The van der Waals surface area contributed by atoms with Crippen LogP contribution in [0.4, 0.5) is 5.69 Å². The van der Waals surface area contributed by atoms with Crippen LogP contribution < -0.4 is 5.32 Å². The van der Waals surface area contributed by atoms with Gasteiger partial charge in [0.1, 0.15) is 17.7 Å². The fourth-order valence-corrected chi connectivity index (χ4v) is 1.65. The lowest BCUT2D eigenvalue weighted by Crippen LogP contribution is -2.00.